The molecule has 30 heavy (non-hydrogen) atoms. The Labute approximate surface area is 174 Å². The molecule has 0 radical (unpaired) electrons. The second-order valence-corrected chi connectivity index (χ2v) is 7.81. The third-order valence-electron chi connectivity index (χ3n) is 5.70. The Hall–Kier alpha value is -3.44. The molecule has 1 aliphatic rings. The summed E-state index contributed by atoms with van der Waals surface area (Å²) in [5, 5.41) is 1.53. The van der Waals surface area contributed by atoms with Crippen LogP contribution in [-0.4, -0.2) is 30.0 Å². The molecule has 0 spiro atoms. The first-order valence-corrected chi connectivity index (χ1v) is 10.1. The Morgan fingerprint density at radius 3 is 2.67 bits per heavy atom. The van der Waals surface area contributed by atoms with Crippen molar-refractivity contribution >= 4 is 22.1 Å². The molecule has 0 atom stereocenters. The number of hydrogen-bond donors (Lipinski definition) is 1. The van der Waals surface area contributed by atoms with E-state index >= 15 is 0 Å². The number of nitrogens with one attached hydrogen (secondary N) is 1. The van der Waals surface area contributed by atoms with Gasteiger partial charge in [0.1, 0.15) is 5.82 Å². The molecule has 1 aromatic heterocycles. The van der Waals surface area contributed by atoms with Crippen LogP contribution in [0.5, 0.6) is 0 Å². The van der Waals surface area contributed by atoms with Crippen molar-refractivity contribution in [2.45, 2.75) is 6.54 Å². The number of rotatable bonds is 2. The van der Waals surface area contributed by atoms with Crippen LogP contribution in [0.2, 0.25) is 0 Å². The van der Waals surface area contributed by atoms with Crippen molar-refractivity contribution < 1.29 is 4.39 Å². The fourth-order valence-corrected chi connectivity index (χ4v) is 4.19. The van der Waals surface area contributed by atoms with Gasteiger partial charge in [0, 0.05) is 48.2 Å². The number of anilines is 2. The molecule has 2 heterocycles. The van der Waals surface area contributed by atoms with Crippen molar-refractivity contribution in [1.29, 1.82) is 0 Å². The third kappa shape index (κ3) is 3.37. The Morgan fingerprint density at radius 2 is 1.80 bits per heavy atom. The first-order valence-electron chi connectivity index (χ1n) is 10.1. The number of H-pyrrole nitrogens is 1. The molecule has 0 saturated heterocycles. The van der Waals surface area contributed by atoms with Crippen LogP contribution in [-0.2, 0) is 6.54 Å². The molecule has 1 N–H and O–H groups in total. The van der Waals surface area contributed by atoms with Gasteiger partial charge in [-0.05, 0) is 53.9 Å². The van der Waals surface area contributed by atoms with Gasteiger partial charge in [0.2, 0.25) is 5.56 Å². The molecule has 1 aliphatic heterocycles. The summed E-state index contributed by atoms with van der Waals surface area (Å²) in [6.45, 7) is 2.41. The van der Waals surface area contributed by atoms with E-state index in [0.717, 1.165) is 53.2 Å². The van der Waals surface area contributed by atoms with Crippen molar-refractivity contribution in [2.75, 3.05) is 25.0 Å². The lowest BCUT2D eigenvalue weighted by Crippen LogP contribution is -2.26. The van der Waals surface area contributed by atoms with Crippen LogP contribution < -0.4 is 10.5 Å². The number of hydrogen-bond acceptors (Lipinski definition) is 3. The molecule has 150 valence electrons. The van der Waals surface area contributed by atoms with E-state index in [2.05, 4.69) is 40.0 Å². The summed E-state index contributed by atoms with van der Waals surface area (Å²) in [5.41, 5.74) is 4.70. The Morgan fingerprint density at radius 1 is 0.933 bits per heavy atom. The summed E-state index contributed by atoms with van der Waals surface area (Å²) in [6, 6.07) is 22.6. The zero-order chi connectivity index (χ0) is 20.7. The Kier molecular flexibility index (Phi) is 4.60. The van der Waals surface area contributed by atoms with Gasteiger partial charge < -0.3 is 14.8 Å². The highest BCUT2D eigenvalue weighted by Gasteiger charge is 2.21. The van der Waals surface area contributed by atoms with Gasteiger partial charge in [0.15, 0.2) is 0 Å². The van der Waals surface area contributed by atoms with Crippen LogP contribution in [0, 0.1) is 5.82 Å². The maximum absolute atomic E-state index is 14.8. The molecule has 0 amide bonds. The topological polar surface area (TPSA) is 39.3 Å². The van der Waals surface area contributed by atoms with E-state index in [9.17, 15) is 9.18 Å². The Bertz CT molecular complexity index is 1300. The summed E-state index contributed by atoms with van der Waals surface area (Å²) >= 11 is 0. The number of aromatic nitrogens is 1. The minimum absolute atomic E-state index is 0.118. The quantitative estimate of drug-likeness (QED) is 0.520. The molecule has 5 heteroatoms. The maximum atomic E-state index is 14.8. The van der Waals surface area contributed by atoms with E-state index < -0.39 is 0 Å². The number of pyridine rings is 1. The smallest absolute Gasteiger partial charge is 0.248 e. The van der Waals surface area contributed by atoms with Gasteiger partial charge in [0.05, 0.1) is 0 Å². The highest BCUT2D eigenvalue weighted by atomic mass is 19.1. The van der Waals surface area contributed by atoms with Crippen molar-refractivity contribution in [1.82, 2.24) is 9.88 Å². The van der Waals surface area contributed by atoms with Crippen molar-refractivity contribution in [3.8, 4) is 11.3 Å². The van der Waals surface area contributed by atoms with Crippen LogP contribution in [0.15, 0.2) is 77.6 Å². The lowest BCUT2D eigenvalue weighted by molar-refractivity contribution is 0.343. The minimum atomic E-state index is -0.208. The van der Waals surface area contributed by atoms with E-state index in [-0.39, 0.29) is 11.4 Å². The van der Waals surface area contributed by atoms with Gasteiger partial charge >= 0.3 is 0 Å². The van der Waals surface area contributed by atoms with Crippen molar-refractivity contribution in [3.05, 3.63) is 94.5 Å². The Balaban J connectivity index is 1.63. The van der Waals surface area contributed by atoms with Gasteiger partial charge in [-0.2, -0.15) is 0 Å². The number of nitrogens with zero attached hydrogens (tertiary/aromatic N) is 2. The van der Waals surface area contributed by atoms with Crippen LogP contribution in [0.1, 0.15) is 5.56 Å². The largest absolute Gasteiger partial charge is 0.340 e. The number of benzene rings is 3. The van der Waals surface area contributed by atoms with Gasteiger partial charge in [-0.25, -0.2) is 4.39 Å². The lowest BCUT2D eigenvalue weighted by Gasteiger charge is -2.26. The first kappa shape index (κ1) is 18.6. The maximum Gasteiger partial charge on any atom is 0.248 e. The normalized spacial score (nSPS) is 14.5. The van der Waals surface area contributed by atoms with Gasteiger partial charge in [0.25, 0.3) is 0 Å². The standard InChI is InChI=1S/C25H22FN3O/c1-28-11-12-29(20-14-17-5-2-3-6-21(17)22(26)15-20)24-10-9-18(13-19(24)16-28)23-7-4-8-25(30)27-23/h2-10,13-15H,11-12,16H2,1H3,(H,27,30). The molecule has 4 aromatic rings. The SMILES string of the molecule is CN1CCN(c2cc(F)c3ccccc3c2)c2ccc(-c3cccc(=O)[nH]3)cc2C1. The third-order valence-corrected chi connectivity index (χ3v) is 5.70. The summed E-state index contributed by atoms with van der Waals surface area (Å²) in [5.74, 6) is -0.208. The molecule has 0 aliphatic carbocycles. The molecule has 0 bridgehead atoms. The monoisotopic (exact) mass is 399 g/mol. The average molecular weight is 399 g/mol. The highest BCUT2D eigenvalue weighted by molar-refractivity contribution is 5.88. The molecule has 4 nitrogen and oxygen atoms in total. The molecular weight excluding hydrogens is 377 g/mol. The van der Waals surface area contributed by atoms with E-state index in [4.69, 9.17) is 0 Å². The lowest BCUT2D eigenvalue weighted by atomic mass is 10.0. The summed E-state index contributed by atoms with van der Waals surface area (Å²) < 4.78 is 14.8. The molecular formula is C25H22FN3O. The molecule has 3 aromatic carbocycles. The number of halogens is 1. The van der Waals surface area contributed by atoms with Crippen molar-refractivity contribution in [3.63, 3.8) is 0 Å². The van der Waals surface area contributed by atoms with E-state index in [1.165, 1.54) is 6.07 Å². The molecule has 0 saturated carbocycles. The predicted molar refractivity (Wildman–Crippen MR) is 120 cm³/mol. The number of likely N-dealkylation sites (N-methyl/N-ethyl adjacent to an activating group) is 1. The highest BCUT2D eigenvalue weighted by Crippen LogP contribution is 2.36. The predicted octanol–water partition coefficient (Wildman–Crippen LogP) is 4.92. The van der Waals surface area contributed by atoms with Crippen LogP contribution in [0.3, 0.4) is 0 Å². The summed E-state index contributed by atoms with van der Waals surface area (Å²) in [7, 11) is 2.09. The van der Waals surface area contributed by atoms with Gasteiger partial charge in [-0.15, -0.1) is 0 Å². The second-order valence-electron chi connectivity index (χ2n) is 7.81. The summed E-state index contributed by atoms with van der Waals surface area (Å²) in [4.78, 5) is 19.1. The minimum Gasteiger partial charge on any atom is -0.340 e. The van der Waals surface area contributed by atoms with Crippen LogP contribution >= 0.6 is 0 Å². The van der Waals surface area contributed by atoms with E-state index in [0.29, 0.717) is 5.39 Å². The van der Waals surface area contributed by atoms with Crippen LogP contribution in [0.4, 0.5) is 15.8 Å². The zero-order valence-electron chi connectivity index (χ0n) is 16.7. The van der Waals surface area contributed by atoms with Gasteiger partial charge in [-0.1, -0.05) is 36.4 Å². The molecule has 0 fully saturated rings. The van der Waals surface area contributed by atoms with Crippen molar-refractivity contribution in [2.24, 2.45) is 0 Å². The average Bonchev–Trinajstić information content (AvgIpc) is 2.91. The van der Waals surface area contributed by atoms with Gasteiger partial charge in [-0.3, -0.25) is 4.79 Å². The van der Waals surface area contributed by atoms with E-state index in [1.54, 1.807) is 12.1 Å². The number of fused-ring (bicyclic) bond motifs is 2. The molecule has 5 rings (SSSR count). The fourth-order valence-electron chi connectivity index (χ4n) is 4.19. The first-order chi connectivity index (χ1) is 14.6. The second kappa shape index (κ2) is 7.43. The summed E-state index contributed by atoms with van der Waals surface area (Å²) in [6.07, 6.45) is 0. The fraction of sp³-hybridized carbons (Fsp3) is 0.160. The zero-order valence-corrected chi connectivity index (χ0v) is 16.7. The van der Waals surface area contributed by atoms with E-state index in [1.807, 2.05) is 36.4 Å². The van der Waals surface area contributed by atoms with Crippen LogP contribution in [0.25, 0.3) is 22.0 Å². The molecule has 0 unspecified atom stereocenters. The number of aromatic amines is 1.